The monoisotopic (exact) mass is 561 g/mol. The van der Waals surface area contributed by atoms with Crippen LogP contribution in [0.2, 0.25) is 0 Å². The lowest BCUT2D eigenvalue weighted by Gasteiger charge is -2.33. The van der Waals surface area contributed by atoms with Gasteiger partial charge >= 0.3 is 0 Å². The third-order valence-corrected chi connectivity index (χ3v) is 7.66. The molecule has 2 aliphatic rings. The minimum absolute atomic E-state index is 0.00773. The van der Waals surface area contributed by atoms with Crippen molar-refractivity contribution >= 4 is 29.3 Å². The van der Waals surface area contributed by atoms with Gasteiger partial charge in [-0.25, -0.2) is 0 Å². The summed E-state index contributed by atoms with van der Waals surface area (Å²) in [5.41, 5.74) is 3.60. The Hall–Kier alpha value is -3.49. The summed E-state index contributed by atoms with van der Waals surface area (Å²) in [6.07, 6.45) is 5.21. The average Bonchev–Trinajstić information content (AvgIpc) is 3.31. The van der Waals surface area contributed by atoms with Gasteiger partial charge < -0.3 is 20.9 Å². The van der Waals surface area contributed by atoms with Crippen molar-refractivity contribution in [1.29, 1.82) is 0 Å². The van der Waals surface area contributed by atoms with E-state index in [1.54, 1.807) is 0 Å². The normalized spacial score (nSPS) is 19.5. The molecule has 1 aromatic heterocycles. The molecule has 0 spiro atoms. The summed E-state index contributed by atoms with van der Waals surface area (Å²) in [4.78, 5) is 41.6. The zero-order chi connectivity index (χ0) is 29.9. The van der Waals surface area contributed by atoms with Gasteiger partial charge in [0.05, 0.1) is 0 Å². The molecule has 1 saturated heterocycles. The number of aryl methyl sites for hydroxylation is 1. The number of rotatable bonds is 9. The first-order valence-corrected chi connectivity index (χ1v) is 14.9. The Balaban J connectivity index is 1.57. The molecule has 0 radical (unpaired) electrons. The fourth-order valence-electron chi connectivity index (χ4n) is 5.86. The second-order valence-corrected chi connectivity index (χ2v) is 13.7. The van der Waals surface area contributed by atoms with E-state index in [0.717, 1.165) is 55.1 Å². The third kappa shape index (κ3) is 8.27. The average molecular weight is 562 g/mol. The number of nitrogens with one attached hydrogen (secondary N) is 3. The molecule has 1 aliphatic carbocycles. The van der Waals surface area contributed by atoms with E-state index in [0.29, 0.717) is 30.4 Å². The van der Waals surface area contributed by atoms with Crippen molar-refractivity contribution in [3.63, 3.8) is 0 Å². The minimum atomic E-state index is -0.114. The van der Waals surface area contributed by atoms with Gasteiger partial charge in [-0.3, -0.25) is 9.59 Å². The van der Waals surface area contributed by atoms with E-state index in [9.17, 15) is 9.59 Å². The van der Waals surface area contributed by atoms with Crippen molar-refractivity contribution in [2.75, 3.05) is 30.3 Å². The Bertz CT molecular complexity index is 1310. The molecule has 0 bridgehead atoms. The molecule has 4 rings (SSSR count). The topological polar surface area (TPSA) is 112 Å². The Kier molecular flexibility index (Phi) is 9.04. The summed E-state index contributed by atoms with van der Waals surface area (Å²) in [6, 6.07) is 5.74. The molecule has 41 heavy (non-hydrogen) atoms. The standard InChI is InChI=1S/C32H47N7O2/c1-9-33-28(41)22-11-10-20(2)26(14-22)35-30-37-27(21(3)16-31(4,5)6)36-29(38-30)34-23-12-13-39(19-23)24-15-25(40)18-32(7,8)17-24/h10-11,14-15,21,23H,9,12-13,16-19H2,1-8H3,(H,33,41)(H2,34,35,36,37,38)/t21?,23-/m1/s1. The molecular weight excluding hydrogens is 514 g/mol. The smallest absolute Gasteiger partial charge is 0.251 e. The van der Waals surface area contributed by atoms with Crippen molar-refractivity contribution in [2.45, 2.75) is 93.0 Å². The van der Waals surface area contributed by atoms with Crippen molar-refractivity contribution < 1.29 is 9.59 Å². The Morgan fingerprint density at radius 1 is 1.15 bits per heavy atom. The molecule has 1 fully saturated rings. The van der Waals surface area contributed by atoms with Crippen LogP contribution in [-0.4, -0.2) is 57.2 Å². The van der Waals surface area contributed by atoms with Gasteiger partial charge in [0, 0.05) is 61.0 Å². The van der Waals surface area contributed by atoms with Crippen LogP contribution in [0.4, 0.5) is 17.6 Å². The predicted molar refractivity (Wildman–Crippen MR) is 164 cm³/mol. The summed E-state index contributed by atoms with van der Waals surface area (Å²) in [7, 11) is 0. The second-order valence-electron chi connectivity index (χ2n) is 13.7. The molecular formula is C32H47N7O2. The number of allylic oxidation sites excluding steroid dienone is 2. The molecule has 2 aromatic rings. The van der Waals surface area contributed by atoms with Gasteiger partial charge in [-0.1, -0.05) is 47.6 Å². The number of amides is 1. The number of hydrogen-bond donors (Lipinski definition) is 3. The van der Waals surface area contributed by atoms with Crippen LogP contribution in [-0.2, 0) is 4.79 Å². The second kappa shape index (κ2) is 12.2. The quantitative estimate of drug-likeness (QED) is 0.343. The molecule has 2 atom stereocenters. The number of aromatic nitrogens is 3. The van der Waals surface area contributed by atoms with Crippen LogP contribution < -0.4 is 16.0 Å². The van der Waals surface area contributed by atoms with Crippen LogP contribution in [0.25, 0.3) is 0 Å². The maximum atomic E-state index is 12.5. The Morgan fingerprint density at radius 3 is 2.56 bits per heavy atom. The number of ketones is 1. The maximum absolute atomic E-state index is 12.5. The number of nitrogens with zero attached hydrogens (tertiary/aromatic N) is 4. The van der Waals surface area contributed by atoms with E-state index in [2.05, 4.69) is 62.4 Å². The van der Waals surface area contributed by atoms with Crippen molar-refractivity contribution in [3.8, 4) is 0 Å². The lowest BCUT2D eigenvalue weighted by Crippen LogP contribution is -2.32. The zero-order valence-electron chi connectivity index (χ0n) is 26.0. The molecule has 1 amide bonds. The summed E-state index contributed by atoms with van der Waals surface area (Å²) in [6.45, 7) is 19.3. The van der Waals surface area contributed by atoms with Crippen LogP contribution in [0.1, 0.15) is 102 Å². The lowest BCUT2D eigenvalue weighted by molar-refractivity contribution is -0.117. The lowest BCUT2D eigenvalue weighted by atomic mass is 9.78. The molecule has 1 aliphatic heterocycles. The van der Waals surface area contributed by atoms with Crippen LogP contribution in [0.3, 0.4) is 0 Å². The highest BCUT2D eigenvalue weighted by molar-refractivity contribution is 5.95. The van der Waals surface area contributed by atoms with Crippen LogP contribution in [0.15, 0.2) is 30.0 Å². The fourth-order valence-corrected chi connectivity index (χ4v) is 5.86. The largest absolute Gasteiger partial charge is 0.373 e. The van der Waals surface area contributed by atoms with Crippen molar-refractivity contribution in [3.05, 3.63) is 46.9 Å². The predicted octanol–water partition coefficient (Wildman–Crippen LogP) is 5.97. The number of carbonyl (C=O) groups excluding carboxylic acids is 2. The van der Waals surface area contributed by atoms with Gasteiger partial charge in [-0.2, -0.15) is 15.0 Å². The number of hydrogen-bond acceptors (Lipinski definition) is 8. The van der Waals surface area contributed by atoms with Crippen LogP contribution in [0, 0.1) is 17.8 Å². The molecule has 222 valence electrons. The molecule has 9 nitrogen and oxygen atoms in total. The minimum Gasteiger partial charge on any atom is -0.373 e. The Labute approximate surface area is 245 Å². The first-order valence-electron chi connectivity index (χ1n) is 14.9. The maximum Gasteiger partial charge on any atom is 0.251 e. The van der Waals surface area contributed by atoms with Gasteiger partial charge in [0.1, 0.15) is 5.82 Å². The van der Waals surface area contributed by atoms with Gasteiger partial charge in [-0.15, -0.1) is 0 Å². The highest BCUT2D eigenvalue weighted by atomic mass is 16.1. The molecule has 1 aromatic carbocycles. The van der Waals surface area contributed by atoms with Crippen LogP contribution in [0.5, 0.6) is 0 Å². The summed E-state index contributed by atoms with van der Waals surface area (Å²) < 4.78 is 0. The van der Waals surface area contributed by atoms with E-state index in [1.165, 1.54) is 0 Å². The van der Waals surface area contributed by atoms with Crippen molar-refractivity contribution in [1.82, 2.24) is 25.2 Å². The number of carbonyl (C=O) groups is 2. The number of benzene rings is 1. The zero-order valence-corrected chi connectivity index (χ0v) is 26.0. The molecule has 1 unspecified atom stereocenters. The van der Waals surface area contributed by atoms with E-state index < -0.39 is 0 Å². The van der Waals surface area contributed by atoms with E-state index in [4.69, 9.17) is 15.0 Å². The van der Waals surface area contributed by atoms with Gasteiger partial charge in [-0.05, 0) is 61.6 Å². The van der Waals surface area contributed by atoms with E-state index in [1.807, 2.05) is 38.1 Å². The van der Waals surface area contributed by atoms with Gasteiger partial charge in [0.2, 0.25) is 11.9 Å². The molecule has 9 heteroatoms. The number of anilines is 3. The fraction of sp³-hybridized carbons (Fsp3) is 0.594. The highest BCUT2D eigenvalue weighted by Crippen LogP contribution is 2.36. The van der Waals surface area contributed by atoms with Gasteiger partial charge in [0.25, 0.3) is 5.91 Å². The Morgan fingerprint density at radius 2 is 1.88 bits per heavy atom. The summed E-state index contributed by atoms with van der Waals surface area (Å²) >= 11 is 0. The molecule has 0 saturated carbocycles. The van der Waals surface area contributed by atoms with Crippen LogP contribution >= 0.6 is 0 Å². The molecule has 3 N–H and O–H groups in total. The summed E-state index contributed by atoms with van der Waals surface area (Å²) in [5, 5.41) is 9.79. The highest BCUT2D eigenvalue weighted by Gasteiger charge is 2.33. The first-order chi connectivity index (χ1) is 19.2. The molecule has 2 heterocycles. The van der Waals surface area contributed by atoms with E-state index in [-0.39, 0.29) is 34.5 Å². The summed E-state index contributed by atoms with van der Waals surface area (Å²) in [5.74, 6) is 1.95. The van der Waals surface area contributed by atoms with E-state index >= 15 is 0 Å². The SMILES string of the molecule is CCNC(=O)c1ccc(C)c(Nc2nc(N[C@@H]3CCN(C4=CC(=O)CC(C)(C)C4)C3)nc(C(C)CC(C)(C)C)n2)c1. The van der Waals surface area contributed by atoms with Crippen molar-refractivity contribution in [2.24, 2.45) is 10.8 Å². The van der Waals surface area contributed by atoms with Gasteiger partial charge in [0.15, 0.2) is 5.78 Å². The number of likely N-dealkylation sites (tertiary alicyclic amines) is 1. The third-order valence-electron chi connectivity index (χ3n) is 7.66. The first kappa shape index (κ1) is 30.5.